The lowest BCUT2D eigenvalue weighted by Gasteiger charge is -2.13. The van der Waals surface area contributed by atoms with Crippen molar-refractivity contribution in [2.24, 2.45) is 7.05 Å². The van der Waals surface area contributed by atoms with E-state index in [9.17, 15) is 0 Å². The first kappa shape index (κ1) is 10.7. The molecule has 0 aromatic carbocycles. The Labute approximate surface area is 84.7 Å². The quantitative estimate of drug-likeness (QED) is 0.657. The second-order valence-electron chi connectivity index (χ2n) is 3.52. The predicted octanol–water partition coefficient (Wildman–Crippen LogP) is 1.16. The van der Waals surface area contributed by atoms with E-state index in [1.54, 1.807) is 4.68 Å². The van der Waals surface area contributed by atoms with Crippen molar-refractivity contribution in [3.8, 4) is 6.07 Å². The molecular formula is C10H16N4. The van der Waals surface area contributed by atoms with E-state index >= 15 is 0 Å². The smallest absolute Gasteiger partial charge is 0.0622 e. The zero-order valence-corrected chi connectivity index (χ0v) is 8.77. The number of hydrogen-bond donors (Lipinski definition) is 0. The number of aryl methyl sites for hydroxylation is 1. The van der Waals surface area contributed by atoms with Gasteiger partial charge in [0.05, 0.1) is 12.3 Å². The highest BCUT2D eigenvalue weighted by molar-refractivity contribution is 5.02. The number of rotatable bonds is 5. The molecule has 0 saturated heterocycles. The maximum Gasteiger partial charge on any atom is 0.0622 e. The van der Waals surface area contributed by atoms with Gasteiger partial charge in [0.1, 0.15) is 0 Å². The topological polar surface area (TPSA) is 44.9 Å². The normalized spacial score (nSPS) is 10.4. The molecule has 0 bridgehead atoms. The van der Waals surface area contributed by atoms with Crippen molar-refractivity contribution >= 4 is 0 Å². The molecule has 0 radical (unpaired) electrons. The molecule has 1 heterocycles. The van der Waals surface area contributed by atoms with Gasteiger partial charge in [0, 0.05) is 31.8 Å². The molecule has 0 atom stereocenters. The van der Waals surface area contributed by atoms with Gasteiger partial charge in [-0.05, 0) is 20.0 Å². The van der Waals surface area contributed by atoms with Crippen molar-refractivity contribution in [2.75, 3.05) is 13.6 Å². The van der Waals surface area contributed by atoms with Gasteiger partial charge in [-0.1, -0.05) is 0 Å². The van der Waals surface area contributed by atoms with Gasteiger partial charge in [-0.15, -0.1) is 0 Å². The molecule has 1 rings (SSSR count). The second kappa shape index (κ2) is 5.40. The Hall–Kier alpha value is -1.34. The first-order valence-corrected chi connectivity index (χ1v) is 4.75. The highest BCUT2D eigenvalue weighted by atomic mass is 15.2. The lowest BCUT2D eigenvalue weighted by atomic mass is 10.3. The molecule has 0 N–H and O–H groups in total. The van der Waals surface area contributed by atoms with Crippen molar-refractivity contribution in [1.82, 2.24) is 14.7 Å². The molecule has 0 aliphatic carbocycles. The minimum Gasteiger partial charge on any atom is -0.302 e. The van der Waals surface area contributed by atoms with Crippen LogP contribution >= 0.6 is 0 Å². The third-order valence-electron chi connectivity index (χ3n) is 2.04. The summed E-state index contributed by atoms with van der Waals surface area (Å²) in [6.45, 7) is 1.86. The molecule has 0 saturated carbocycles. The van der Waals surface area contributed by atoms with E-state index in [-0.39, 0.29) is 0 Å². The highest BCUT2D eigenvalue weighted by Crippen LogP contribution is 2.02. The van der Waals surface area contributed by atoms with Crippen LogP contribution in [0.5, 0.6) is 0 Å². The summed E-state index contributed by atoms with van der Waals surface area (Å²) >= 11 is 0. The summed E-state index contributed by atoms with van der Waals surface area (Å²) in [5, 5.41) is 12.5. The van der Waals surface area contributed by atoms with Crippen LogP contribution in [0.2, 0.25) is 0 Å². The van der Waals surface area contributed by atoms with Gasteiger partial charge < -0.3 is 4.90 Å². The Kier molecular flexibility index (Phi) is 4.14. The maximum absolute atomic E-state index is 8.39. The van der Waals surface area contributed by atoms with Crippen molar-refractivity contribution in [3.05, 3.63) is 18.0 Å². The van der Waals surface area contributed by atoms with Gasteiger partial charge in [-0.25, -0.2) is 0 Å². The van der Waals surface area contributed by atoms with E-state index in [1.807, 2.05) is 19.4 Å². The number of unbranched alkanes of at least 4 members (excludes halogenated alkanes) is 1. The molecule has 0 unspecified atom stereocenters. The van der Waals surface area contributed by atoms with Crippen LogP contribution < -0.4 is 0 Å². The van der Waals surface area contributed by atoms with Crippen LogP contribution in [0.15, 0.2) is 12.4 Å². The van der Waals surface area contributed by atoms with Gasteiger partial charge in [0.25, 0.3) is 0 Å². The molecule has 0 amide bonds. The number of aromatic nitrogens is 2. The molecule has 0 aliphatic heterocycles. The minimum atomic E-state index is 0.636. The standard InChI is InChI=1S/C10H16N4/c1-13(6-4-3-5-11)8-10-7-12-14(2)9-10/h7,9H,3-4,6,8H2,1-2H3. The molecule has 4 heteroatoms. The Balaban J connectivity index is 2.27. The van der Waals surface area contributed by atoms with E-state index in [0.717, 1.165) is 19.5 Å². The zero-order valence-electron chi connectivity index (χ0n) is 8.77. The lowest BCUT2D eigenvalue weighted by molar-refractivity contribution is 0.323. The molecule has 1 aromatic heterocycles. The summed E-state index contributed by atoms with van der Waals surface area (Å²) in [6, 6.07) is 2.15. The highest BCUT2D eigenvalue weighted by Gasteiger charge is 2.01. The van der Waals surface area contributed by atoms with E-state index in [4.69, 9.17) is 5.26 Å². The Morgan fingerprint density at radius 3 is 3.00 bits per heavy atom. The van der Waals surface area contributed by atoms with E-state index in [0.29, 0.717) is 6.42 Å². The van der Waals surface area contributed by atoms with Crippen molar-refractivity contribution < 1.29 is 0 Å². The fraction of sp³-hybridized carbons (Fsp3) is 0.600. The zero-order chi connectivity index (χ0) is 10.4. The number of hydrogen-bond acceptors (Lipinski definition) is 3. The fourth-order valence-corrected chi connectivity index (χ4v) is 1.37. The summed E-state index contributed by atoms with van der Waals surface area (Å²) in [6.07, 6.45) is 5.46. The monoisotopic (exact) mass is 192 g/mol. The fourth-order valence-electron chi connectivity index (χ4n) is 1.37. The molecule has 1 aromatic rings. The average molecular weight is 192 g/mol. The maximum atomic E-state index is 8.39. The molecule has 0 aliphatic rings. The molecule has 14 heavy (non-hydrogen) atoms. The third kappa shape index (κ3) is 3.58. The SMILES string of the molecule is CN(CCCC#N)Cc1cnn(C)c1. The third-order valence-corrected chi connectivity index (χ3v) is 2.04. The minimum absolute atomic E-state index is 0.636. The largest absolute Gasteiger partial charge is 0.302 e. The van der Waals surface area contributed by atoms with Crippen LogP contribution in [0.3, 0.4) is 0 Å². The number of nitriles is 1. The summed E-state index contributed by atoms with van der Waals surface area (Å²) in [5.41, 5.74) is 1.21. The first-order valence-electron chi connectivity index (χ1n) is 4.75. The van der Waals surface area contributed by atoms with Crippen molar-refractivity contribution in [3.63, 3.8) is 0 Å². The van der Waals surface area contributed by atoms with Crippen molar-refractivity contribution in [1.29, 1.82) is 5.26 Å². The van der Waals surface area contributed by atoms with Crippen molar-refractivity contribution in [2.45, 2.75) is 19.4 Å². The Morgan fingerprint density at radius 1 is 1.64 bits per heavy atom. The summed E-state index contributed by atoms with van der Waals surface area (Å²) in [4.78, 5) is 2.20. The van der Waals surface area contributed by atoms with Gasteiger partial charge in [0.2, 0.25) is 0 Å². The van der Waals surface area contributed by atoms with Crippen LogP contribution in [0.25, 0.3) is 0 Å². The van der Waals surface area contributed by atoms with E-state index in [1.165, 1.54) is 5.56 Å². The number of nitrogens with zero attached hydrogens (tertiary/aromatic N) is 4. The van der Waals surface area contributed by atoms with E-state index in [2.05, 4.69) is 23.1 Å². The van der Waals surface area contributed by atoms with Crippen LogP contribution in [0.4, 0.5) is 0 Å². The van der Waals surface area contributed by atoms with Gasteiger partial charge >= 0.3 is 0 Å². The summed E-state index contributed by atoms with van der Waals surface area (Å²) in [5.74, 6) is 0. The van der Waals surface area contributed by atoms with E-state index < -0.39 is 0 Å². The molecule has 76 valence electrons. The van der Waals surface area contributed by atoms with Gasteiger partial charge in [-0.2, -0.15) is 10.4 Å². The molecule has 0 fully saturated rings. The lowest BCUT2D eigenvalue weighted by Crippen LogP contribution is -2.18. The second-order valence-corrected chi connectivity index (χ2v) is 3.52. The van der Waals surface area contributed by atoms with Crippen LogP contribution in [-0.4, -0.2) is 28.3 Å². The molecule has 4 nitrogen and oxygen atoms in total. The average Bonchev–Trinajstić information content (AvgIpc) is 2.52. The molecule has 0 spiro atoms. The van der Waals surface area contributed by atoms with Crippen LogP contribution in [0.1, 0.15) is 18.4 Å². The Bertz CT molecular complexity index is 310. The van der Waals surface area contributed by atoms with Crippen LogP contribution in [-0.2, 0) is 13.6 Å². The summed E-state index contributed by atoms with van der Waals surface area (Å²) in [7, 11) is 3.98. The first-order chi connectivity index (χ1) is 6.72. The predicted molar refractivity (Wildman–Crippen MR) is 54.4 cm³/mol. The molecular weight excluding hydrogens is 176 g/mol. The Morgan fingerprint density at radius 2 is 2.43 bits per heavy atom. The summed E-state index contributed by atoms with van der Waals surface area (Å²) < 4.78 is 1.80. The van der Waals surface area contributed by atoms with Gasteiger partial charge in [-0.3, -0.25) is 4.68 Å². The van der Waals surface area contributed by atoms with Gasteiger partial charge in [0.15, 0.2) is 0 Å². The van der Waals surface area contributed by atoms with Crippen LogP contribution in [0, 0.1) is 11.3 Å².